The van der Waals surface area contributed by atoms with Gasteiger partial charge in [0.05, 0.1) is 0 Å². The molecule has 3 rings (SSSR count). The molecule has 4 heteroatoms. The van der Waals surface area contributed by atoms with E-state index in [0.29, 0.717) is 22.7 Å². The molecule has 0 atom stereocenters. The fourth-order valence-electron chi connectivity index (χ4n) is 1.71. The first kappa shape index (κ1) is 9.72. The maximum Gasteiger partial charge on any atom is 0.227 e. The van der Waals surface area contributed by atoms with Crippen molar-refractivity contribution in [1.29, 1.82) is 0 Å². The van der Waals surface area contributed by atoms with Crippen LogP contribution in [-0.4, -0.2) is 10.1 Å². The van der Waals surface area contributed by atoms with Crippen molar-refractivity contribution >= 4 is 16.8 Å². The molecule has 17 heavy (non-hydrogen) atoms. The van der Waals surface area contributed by atoms with Crippen LogP contribution in [0.3, 0.4) is 0 Å². The Balaban J connectivity index is 2.18. The molecule has 0 saturated heterocycles. The number of anilines is 1. The molecule has 1 aromatic heterocycles. The molecule has 0 radical (unpaired) electrons. The molecule has 2 aromatic carbocycles. The van der Waals surface area contributed by atoms with Crippen LogP contribution < -0.4 is 5.73 Å². The molecule has 84 valence electrons. The summed E-state index contributed by atoms with van der Waals surface area (Å²) in [6.45, 7) is 0. The second kappa shape index (κ2) is 3.52. The van der Waals surface area contributed by atoms with E-state index in [-0.39, 0.29) is 5.75 Å². The summed E-state index contributed by atoms with van der Waals surface area (Å²) in [5.74, 6) is 0.658. The molecule has 0 aliphatic rings. The Kier molecular flexibility index (Phi) is 2.01. The summed E-state index contributed by atoms with van der Waals surface area (Å²) in [6.07, 6.45) is 0. The quantitative estimate of drug-likeness (QED) is 0.626. The molecule has 0 aliphatic carbocycles. The minimum Gasteiger partial charge on any atom is -0.508 e. The number of aromatic hydroxyl groups is 1. The highest BCUT2D eigenvalue weighted by molar-refractivity contribution is 5.78. The number of hydrogen-bond acceptors (Lipinski definition) is 4. The van der Waals surface area contributed by atoms with E-state index in [2.05, 4.69) is 4.98 Å². The zero-order valence-corrected chi connectivity index (χ0v) is 8.92. The number of phenolic OH excluding ortho intramolecular Hbond substituents is 1. The molecule has 0 unspecified atom stereocenters. The average molecular weight is 226 g/mol. The molecular weight excluding hydrogens is 216 g/mol. The fourth-order valence-corrected chi connectivity index (χ4v) is 1.71. The Labute approximate surface area is 97.3 Å². The second-order valence-corrected chi connectivity index (χ2v) is 3.80. The zero-order chi connectivity index (χ0) is 11.8. The van der Waals surface area contributed by atoms with Gasteiger partial charge in [0.25, 0.3) is 0 Å². The number of oxazole rings is 1. The van der Waals surface area contributed by atoms with E-state index >= 15 is 0 Å². The number of nitrogen functional groups attached to an aromatic ring is 1. The lowest BCUT2D eigenvalue weighted by Crippen LogP contribution is -1.84. The first-order valence-corrected chi connectivity index (χ1v) is 5.18. The lowest BCUT2D eigenvalue weighted by molar-refractivity contribution is 0.474. The van der Waals surface area contributed by atoms with Crippen molar-refractivity contribution in [1.82, 2.24) is 4.98 Å². The van der Waals surface area contributed by atoms with Gasteiger partial charge in [0.15, 0.2) is 5.58 Å². The molecule has 1 heterocycles. The Morgan fingerprint density at radius 3 is 2.82 bits per heavy atom. The van der Waals surface area contributed by atoms with Gasteiger partial charge in [-0.25, -0.2) is 4.98 Å². The van der Waals surface area contributed by atoms with Crippen LogP contribution in [0.25, 0.3) is 22.6 Å². The van der Waals surface area contributed by atoms with E-state index in [4.69, 9.17) is 10.2 Å². The summed E-state index contributed by atoms with van der Waals surface area (Å²) >= 11 is 0. The Morgan fingerprint density at radius 2 is 2.00 bits per heavy atom. The molecule has 0 bridgehead atoms. The SMILES string of the molecule is Nc1cccc(-c2nc3ccc(O)cc3o2)c1. The minimum atomic E-state index is 0.160. The topological polar surface area (TPSA) is 72.3 Å². The van der Waals surface area contributed by atoms with Crippen molar-refractivity contribution in [3.05, 3.63) is 42.5 Å². The first-order valence-electron chi connectivity index (χ1n) is 5.18. The Morgan fingerprint density at radius 1 is 1.12 bits per heavy atom. The van der Waals surface area contributed by atoms with Gasteiger partial charge in [-0.3, -0.25) is 0 Å². The summed E-state index contributed by atoms with van der Waals surface area (Å²) in [6, 6.07) is 12.1. The van der Waals surface area contributed by atoms with E-state index in [0.717, 1.165) is 5.56 Å². The second-order valence-electron chi connectivity index (χ2n) is 3.80. The highest BCUT2D eigenvalue weighted by Gasteiger charge is 2.08. The lowest BCUT2D eigenvalue weighted by Gasteiger charge is -1.96. The molecule has 0 spiro atoms. The average Bonchev–Trinajstić information content (AvgIpc) is 2.72. The van der Waals surface area contributed by atoms with Gasteiger partial charge in [-0.2, -0.15) is 0 Å². The molecular formula is C13H10N2O2. The Bertz CT molecular complexity index is 689. The van der Waals surface area contributed by atoms with E-state index < -0.39 is 0 Å². The lowest BCUT2D eigenvalue weighted by atomic mass is 10.2. The predicted octanol–water partition coefficient (Wildman–Crippen LogP) is 2.78. The summed E-state index contributed by atoms with van der Waals surface area (Å²) in [5.41, 5.74) is 8.45. The van der Waals surface area contributed by atoms with Crippen molar-refractivity contribution in [2.45, 2.75) is 0 Å². The van der Waals surface area contributed by atoms with Gasteiger partial charge in [0, 0.05) is 17.3 Å². The van der Waals surface area contributed by atoms with Gasteiger partial charge in [-0.15, -0.1) is 0 Å². The van der Waals surface area contributed by atoms with Crippen LogP contribution in [-0.2, 0) is 0 Å². The highest BCUT2D eigenvalue weighted by Crippen LogP contribution is 2.27. The summed E-state index contributed by atoms with van der Waals surface area (Å²) in [7, 11) is 0. The standard InChI is InChI=1S/C13H10N2O2/c14-9-3-1-2-8(6-9)13-15-11-5-4-10(16)7-12(11)17-13/h1-7,16H,14H2. The molecule has 4 nitrogen and oxygen atoms in total. The van der Waals surface area contributed by atoms with Crippen molar-refractivity contribution in [3.8, 4) is 17.2 Å². The predicted molar refractivity (Wildman–Crippen MR) is 65.5 cm³/mol. The number of hydrogen-bond donors (Lipinski definition) is 2. The van der Waals surface area contributed by atoms with E-state index in [1.54, 1.807) is 24.3 Å². The van der Waals surface area contributed by atoms with Crippen LogP contribution >= 0.6 is 0 Å². The number of aromatic nitrogens is 1. The van der Waals surface area contributed by atoms with Crippen LogP contribution in [0.15, 0.2) is 46.9 Å². The zero-order valence-electron chi connectivity index (χ0n) is 8.92. The van der Waals surface area contributed by atoms with Crippen LogP contribution in [0, 0.1) is 0 Å². The maximum absolute atomic E-state index is 9.35. The smallest absolute Gasteiger partial charge is 0.227 e. The third kappa shape index (κ3) is 1.69. The van der Waals surface area contributed by atoms with Gasteiger partial charge in [-0.1, -0.05) is 6.07 Å². The van der Waals surface area contributed by atoms with Gasteiger partial charge >= 0.3 is 0 Å². The van der Waals surface area contributed by atoms with E-state index in [1.807, 2.05) is 12.1 Å². The van der Waals surface area contributed by atoms with E-state index in [9.17, 15) is 5.11 Å². The molecule has 3 N–H and O–H groups in total. The monoisotopic (exact) mass is 226 g/mol. The molecule has 0 amide bonds. The van der Waals surface area contributed by atoms with Crippen molar-refractivity contribution in [3.63, 3.8) is 0 Å². The fraction of sp³-hybridized carbons (Fsp3) is 0. The summed E-state index contributed by atoms with van der Waals surface area (Å²) in [5, 5.41) is 9.35. The first-order chi connectivity index (χ1) is 8.22. The van der Waals surface area contributed by atoms with Crippen molar-refractivity contribution < 1.29 is 9.52 Å². The number of rotatable bonds is 1. The number of benzene rings is 2. The van der Waals surface area contributed by atoms with Crippen LogP contribution in [0.2, 0.25) is 0 Å². The van der Waals surface area contributed by atoms with Crippen molar-refractivity contribution in [2.24, 2.45) is 0 Å². The molecule has 0 saturated carbocycles. The van der Waals surface area contributed by atoms with Gasteiger partial charge in [0.1, 0.15) is 11.3 Å². The largest absolute Gasteiger partial charge is 0.508 e. The minimum absolute atomic E-state index is 0.160. The van der Waals surface area contributed by atoms with Gasteiger partial charge in [-0.05, 0) is 30.3 Å². The van der Waals surface area contributed by atoms with Gasteiger partial charge < -0.3 is 15.3 Å². The number of phenols is 1. The third-order valence-electron chi connectivity index (χ3n) is 2.51. The van der Waals surface area contributed by atoms with Crippen LogP contribution in [0.1, 0.15) is 0 Å². The van der Waals surface area contributed by atoms with Gasteiger partial charge in [0.2, 0.25) is 5.89 Å². The number of nitrogens with zero attached hydrogens (tertiary/aromatic N) is 1. The number of fused-ring (bicyclic) bond motifs is 1. The highest BCUT2D eigenvalue weighted by atomic mass is 16.3. The Hall–Kier alpha value is -2.49. The molecule has 0 aliphatic heterocycles. The van der Waals surface area contributed by atoms with Crippen LogP contribution in [0.5, 0.6) is 5.75 Å². The number of nitrogens with two attached hydrogens (primary N) is 1. The van der Waals surface area contributed by atoms with Crippen molar-refractivity contribution in [2.75, 3.05) is 5.73 Å². The van der Waals surface area contributed by atoms with Crippen LogP contribution in [0.4, 0.5) is 5.69 Å². The normalized spacial score (nSPS) is 10.8. The third-order valence-corrected chi connectivity index (χ3v) is 2.51. The molecule has 0 fully saturated rings. The molecule has 3 aromatic rings. The summed E-state index contributed by atoms with van der Waals surface area (Å²) in [4.78, 5) is 4.33. The summed E-state index contributed by atoms with van der Waals surface area (Å²) < 4.78 is 5.56. The van der Waals surface area contributed by atoms with E-state index in [1.165, 1.54) is 6.07 Å². The maximum atomic E-state index is 9.35.